The molecule has 3 aliphatic carbocycles. The molecule has 0 saturated heterocycles. The molecule has 7 N–H and O–H groups in total. The van der Waals surface area contributed by atoms with E-state index in [1.54, 1.807) is 0 Å². The van der Waals surface area contributed by atoms with Crippen LogP contribution in [0, 0.1) is 11.8 Å². The van der Waals surface area contributed by atoms with Crippen LogP contribution in [0.15, 0.2) is 35.1 Å². The molecule has 0 aromatic heterocycles. The highest BCUT2D eigenvalue weighted by Crippen LogP contribution is 2.56. The Morgan fingerprint density at radius 2 is 1.81 bits per heavy atom. The van der Waals surface area contributed by atoms with Crippen LogP contribution >= 0.6 is 0 Å². The summed E-state index contributed by atoms with van der Waals surface area (Å²) in [6, 6.07) is 3.74. The molecule has 0 radical (unpaired) electrons. The highest BCUT2D eigenvalue weighted by atomic mass is 16.4. The Hall–Kier alpha value is -3.05. The average Bonchev–Trinajstić information content (AvgIpc) is 2.70. The molecule has 10 nitrogen and oxygen atoms in total. The summed E-state index contributed by atoms with van der Waals surface area (Å²) >= 11 is 0. The van der Waals surface area contributed by atoms with Crippen LogP contribution in [0.3, 0.4) is 0 Å². The summed E-state index contributed by atoms with van der Waals surface area (Å²) in [7, 11) is 0. The van der Waals surface area contributed by atoms with E-state index >= 15 is 0 Å². The van der Waals surface area contributed by atoms with E-state index < -0.39 is 93.5 Å². The van der Waals surface area contributed by atoms with Gasteiger partial charge in [0.15, 0.2) is 17.2 Å². The van der Waals surface area contributed by atoms with Crippen molar-refractivity contribution in [1.82, 2.24) is 0 Å². The normalized spacial score (nSPS) is 34.9. The van der Waals surface area contributed by atoms with Gasteiger partial charge in [0, 0.05) is 17.9 Å². The van der Waals surface area contributed by atoms with Crippen molar-refractivity contribution in [1.29, 1.82) is 0 Å². The third-order valence-electron chi connectivity index (χ3n) is 6.58. The van der Waals surface area contributed by atoms with Crippen LogP contribution in [0.5, 0.6) is 5.75 Å². The first-order chi connectivity index (χ1) is 14.4. The summed E-state index contributed by atoms with van der Waals surface area (Å²) in [5.74, 6) is -9.24. The molecule has 0 heterocycles. The fourth-order valence-corrected chi connectivity index (χ4v) is 5.12. The number of hydrogen-bond donors (Lipinski definition) is 7. The maximum Gasteiger partial charge on any atom is 0.202 e. The number of allylic oxidation sites excluding steroid dienone is 1. The number of aliphatic hydroxyl groups is 6. The molecule has 31 heavy (non-hydrogen) atoms. The molecule has 0 aliphatic heterocycles. The summed E-state index contributed by atoms with van der Waals surface area (Å²) < 4.78 is 0. The second kappa shape index (κ2) is 6.47. The zero-order valence-electron chi connectivity index (χ0n) is 16.2. The summed E-state index contributed by atoms with van der Waals surface area (Å²) in [5, 5.41) is 75.1. The number of rotatable bonds is 2. The van der Waals surface area contributed by atoms with Crippen molar-refractivity contribution in [2.24, 2.45) is 11.8 Å². The van der Waals surface area contributed by atoms with Crippen molar-refractivity contribution >= 4 is 23.1 Å². The lowest BCUT2D eigenvalue weighted by molar-refractivity contribution is -0.179. The van der Waals surface area contributed by atoms with Crippen LogP contribution < -0.4 is 0 Å². The first-order valence-electron chi connectivity index (χ1n) is 9.45. The SMILES string of the molecule is CC(=O)C1=C(O)C2(O)C(=O)C3=C(O)c4c(O)cccc4C(O)(CO)C3C(O)C2CC1=O. The molecule has 1 aromatic rings. The lowest BCUT2D eigenvalue weighted by atomic mass is 9.54. The minimum atomic E-state index is -2.94. The van der Waals surface area contributed by atoms with Crippen LogP contribution in [0.2, 0.25) is 0 Å². The van der Waals surface area contributed by atoms with Crippen LogP contribution in [-0.4, -0.2) is 71.4 Å². The molecule has 5 atom stereocenters. The minimum Gasteiger partial charge on any atom is -0.508 e. The number of ketones is 3. The quantitative estimate of drug-likeness (QED) is 0.289. The number of phenolic OH excluding ortho intramolecular Hbond substituents is 1. The van der Waals surface area contributed by atoms with E-state index in [-0.39, 0.29) is 5.56 Å². The van der Waals surface area contributed by atoms with Gasteiger partial charge in [-0.2, -0.15) is 0 Å². The second-order valence-electron chi connectivity index (χ2n) is 8.12. The molecular weight excluding hydrogens is 412 g/mol. The van der Waals surface area contributed by atoms with E-state index in [2.05, 4.69) is 0 Å². The summed E-state index contributed by atoms with van der Waals surface area (Å²) in [5.41, 5.74) is -7.43. The van der Waals surface area contributed by atoms with Gasteiger partial charge in [-0.1, -0.05) is 12.1 Å². The largest absolute Gasteiger partial charge is 0.508 e. The zero-order chi connectivity index (χ0) is 23.0. The number of fused-ring (bicyclic) bond motifs is 3. The Balaban J connectivity index is 2.07. The molecule has 164 valence electrons. The Kier molecular flexibility index (Phi) is 4.43. The van der Waals surface area contributed by atoms with E-state index in [1.165, 1.54) is 12.1 Å². The van der Waals surface area contributed by atoms with Gasteiger partial charge in [-0.3, -0.25) is 14.4 Å². The number of aliphatic hydroxyl groups excluding tert-OH is 4. The highest BCUT2D eigenvalue weighted by Gasteiger charge is 2.67. The third kappa shape index (κ3) is 2.38. The van der Waals surface area contributed by atoms with E-state index in [0.717, 1.165) is 13.0 Å². The molecule has 10 heteroatoms. The van der Waals surface area contributed by atoms with Crippen LogP contribution in [0.1, 0.15) is 24.5 Å². The minimum absolute atomic E-state index is 0.176. The number of Topliss-reactive ketones (excluding diaryl/α,β-unsaturated/α-hetero) is 3. The van der Waals surface area contributed by atoms with Crippen molar-refractivity contribution in [2.45, 2.75) is 30.7 Å². The topological polar surface area (TPSA) is 193 Å². The van der Waals surface area contributed by atoms with Gasteiger partial charge >= 0.3 is 0 Å². The van der Waals surface area contributed by atoms with Gasteiger partial charge in [0.2, 0.25) is 5.78 Å². The average molecular weight is 432 g/mol. The Labute approximate surface area is 175 Å². The summed E-state index contributed by atoms with van der Waals surface area (Å²) in [4.78, 5) is 37.7. The Morgan fingerprint density at radius 3 is 2.39 bits per heavy atom. The van der Waals surface area contributed by atoms with Crippen molar-refractivity contribution < 1.29 is 50.1 Å². The fraction of sp³-hybridized carbons (Fsp3) is 0.381. The van der Waals surface area contributed by atoms with E-state index in [1.807, 2.05) is 0 Å². The molecule has 1 fully saturated rings. The summed E-state index contributed by atoms with van der Waals surface area (Å²) in [6.45, 7) is -0.0926. The molecule has 5 unspecified atom stereocenters. The summed E-state index contributed by atoms with van der Waals surface area (Å²) in [6.07, 6.45) is -2.62. The van der Waals surface area contributed by atoms with E-state index in [9.17, 15) is 50.1 Å². The number of hydrogen-bond acceptors (Lipinski definition) is 10. The fourth-order valence-electron chi connectivity index (χ4n) is 5.12. The molecular formula is C21H20O10. The van der Waals surface area contributed by atoms with Gasteiger partial charge in [0.1, 0.15) is 28.4 Å². The van der Waals surface area contributed by atoms with Crippen LogP contribution in [-0.2, 0) is 20.0 Å². The molecule has 0 spiro atoms. The Morgan fingerprint density at radius 1 is 1.16 bits per heavy atom. The molecule has 1 saturated carbocycles. The van der Waals surface area contributed by atoms with Crippen molar-refractivity contribution in [3.8, 4) is 5.75 Å². The standard InChI is InChI=1S/C21H20O10/c1-7(23)12-11(25)5-9-16(26)15-14(19(29)21(9,31)18(12)28)17(27)13-8(20(15,30)6-22)3-2-4-10(13)24/h2-4,9,15-16,22,24,26-28,30-31H,5-6H2,1H3. The Bertz CT molecular complexity index is 1120. The molecule has 4 rings (SSSR count). The van der Waals surface area contributed by atoms with Crippen molar-refractivity contribution in [2.75, 3.05) is 6.61 Å². The van der Waals surface area contributed by atoms with E-state index in [4.69, 9.17) is 0 Å². The number of carbonyl (C=O) groups excluding carboxylic acids is 3. The lowest BCUT2D eigenvalue weighted by Crippen LogP contribution is -2.66. The van der Waals surface area contributed by atoms with Crippen molar-refractivity contribution in [3.05, 3.63) is 46.2 Å². The predicted molar refractivity (Wildman–Crippen MR) is 102 cm³/mol. The number of phenols is 1. The third-order valence-corrected chi connectivity index (χ3v) is 6.58. The predicted octanol–water partition coefficient (Wildman–Crippen LogP) is -0.864. The van der Waals surface area contributed by atoms with Gasteiger partial charge < -0.3 is 35.7 Å². The lowest BCUT2D eigenvalue weighted by Gasteiger charge is -2.53. The highest BCUT2D eigenvalue weighted by molar-refractivity contribution is 6.23. The monoisotopic (exact) mass is 432 g/mol. The van der Waals surface area contributed by atoms with Crippen molar-refractivity contribution in [3.63, 3.8) is 0 Å². The molecule has 1 aromatic carbocycles. The van der Waals surface area contributed by atoms with E-state index in [0.29, 0.717) is 0 Å². The maximum absolute atomic E-state index is 13.4. The first kappa shape index (κ1) is 21.2. The van der Waals surface area contributed by atoms with Gasteiger partial charge in [0.05, 0.1) is 29.8 Å². The van der Waals surface area contributed by atoms with Crippen LogP contribution in [0.25, 0.3) is 5.76 Å². The molecule has 0 amide bonds. The van der Waals surface area contributed by atoms with Gasteiger partial charge in [-0.25, -0.2) is 0 Å². The molecule has 3 aliphatic rings. The number of aromatic hydroxyl groups is 1. The van der Waals surface area contributed by atoms with Crippen LogP contribution in [0.4, 0.5) is 0 Å². The van der Waals surface area contributed by atoms with Gasteiger partial charge in [-0.05, 0) is 13.0 Å². The smallest absolute Gasteiger partial charge is 0.202 e. The molecule has 0 bridgehead atoms. The second-order valence-corrected chi connectivity index (χ2v) is 8.12. The van der Waals surface area contributed by atoms with Gasteiger partial charge in [-0.15, -0.1) is 0 Å². The maximum atomic E-state index is 13.4. The first-order valence-corrected chi connectivity index (χ1v) is 9.45. The van der Waals surface area contributed by atoms with Gasteiger partial charge in [0.25, 0.3) is 0 Å². The number of carbonyl (C=O) groups is 3. The zero-order valence-corrected chi connectivity index (χ0v) is 16.2. The number of benzene rings is 1.